The zero-order chi connectivity index (χ0) is 13.5. The van der Waals surface area contributed by atoms with E-state index in [1.807, 2.05) is 24.5 Å². The summed E-state index contributed by atoms with van der Waals surface area (Å²) in [6, 6.07) is 5.72. The Morgan fingerprint density at radius 3 is 2.90 bits per heavy atom. The fraction of sp³-hybridized carbons (Fsp3) is 0.267. The highest BCUT2D eigenvalue weighted by molar-refractivity contribution is 5.87. The maximum Gasteiger partial charge on any atom is 0.149 e. The summed E-state index contributed by atoms with van der Waals surface area (Å²) in [6.07, 6.45) is 8.03. The number of nitrogens with zero attached hydrogens (tertiary/aromatic N) is 4. The Morgan fingerprint density at radius 2 is 1.95 bits per heavy atom. The zero-order valence-electron chi connectivity index (χ0n) is 11.1. The molecule has 0 atom stereocenters. The largest absolute Gasteiger partial charge is 0.399 e. The van der Waals surface area contributed by atoms with Crippen molar-refractivity contribution >= 4 is 16.6 Å². The molecule has 5 heteroatoms. The van der Waals surface area contributed by atoms with E-state index in [4.69, 9.17) is 5.73 Å². The first-order valence-corrected chi connectivity index (χ1v) is 6.88. The highest BCUT2D eigenvalue weighted by Gasteiger charge is 2.18. The lowest BCUT2D eigenvalue weighted by Gasteiger charge is -2.14. The summed E-state index contributed by atoms with van der Waals surface area (Å²) in [4.78, 5) is 13.3. The molecular formula is C15H15N5. The fourth-order valence-electron chi connectivity index (χ4n) is 2.90. The van der Waals surface area contributed by atoms with Crippen LogP contribution in [0.1, 0.15) is 24.2 Å². The number of rotatable bonds is 1. The number of imidazole rings is 1. The normalized spacial score (nSPS) is 14.4. The number of nitrogens with two attached hydrogens (primary N) is 1. The van der Waals surface area contributed by atoms with Crippen molar-refractivity contribution in [2.75, 3.05) is 5.73 Å². The summed E-state index contributed by atoms with van der Waals surface area (Å²) in [6.45, 7) is 0. The van der Waals surface area contributed by atoms with E-state index in [0.717, 1.165) is 35.2 Å². The van der Waals surface area contributed by atoms with Crippen molar-refractivity contribution in [2.45, 2.75) is 25.7 Å². The summed E-state index contributed by atoms with van der Waals surface area (Å²) in [5, 5.41) is 0.971. The first-order valence-electron chi connectivity index (χ1n) is 6.88. The predicted octanol–water partition coefficient (Wildman–Crippen LogP) is 2.28. The van der Waals surface area contributed by atoms with Gasteiger partial charge in [-0.15, -0.1) is 0 Å². The van der Waals surface area contributed by atoms with E-state index >= 15 is 0 Å². The minimum absolute atomic E-state index is 0.725. The maximum absolute atomic E-state index is 5.90. The Kier molecular flexibility index (Phi) is 2.45. The standard InChI is InChI=1S/C15H15N5/c16-10-5-6-12-11(7-10)15(18-8-17-12)20-9-19-13-3-1-2-4-14(13)20/h5-9H,1-4,16H2. The van der Waals surface area contributed by atoms with E-state index in [1.54, 1.807) is 6.33 Å². The maximum atomic E-state index is 5.90. The molecule has 1 aromatic carbocycles. The van der Waals surface area contributed by atoms with Crippen LogP contribution in [0.2, 0.25) is 0 Å². The van der Waals surface area contributed by atoms with E-state index in [-0.39, 0.29) is 0 Å². The molecule has 0 saturated heterocycles. The van der Waals surface area contributed by atoms with Crippen LogP contribution in [0.5, 0.6) is 0 Å². The average molecular weight is 265 g/mol. The second-order valence-electron chi connectivity index (χ2n) is 5.19. The summed E-state index contributed by atoms with van der Waals surface area (Å²) >= 11 is 0. The van der Waals surface area contributed by atoms with E-state index in [0.29, 0.717) is 0 Å². The fourth-order valence-corrected chi connectivity index (χ4v) is 2.90. The molecule has 0 spiro atoms. The lowest BCUT2D eigenvalue weighted by Crippen LogP contribution is -2.08. The van der Waals surface area contributed by atoms with Gasteiger partial charge in [-0.25, -0.2) is 15.0 Å². The monoisotopic (exact) mass is 265 g/mol. The second-order valence-corrected chi connectivity index (χ2v) is 5.19. The molecule has 1 aliphatic carbocycles. The molecular weight excluding hydrogens is 250 g/mol. The Bertz CT molecular complexity index is 790. The molecule has 0 fully saturated rings. The summed E-state index contributed by atoms with van der Waals surface area (Å²) < 4.78 is 2.10. The van der Waals surface area contributed by atoms with E-state index in [1.165, 1.54) is 24.2 Å². The van der Waals surface area contributed by atoms with Crippen LogP contribution in [-0.4, -0.2) is 19.5 Å². The molecule has 20 heavy (non-hydrogen) atoms. The van der Waals surface area contributed by atoms with Crippen molar-refractivity contribution in [3.63, 3.8) is 0 Å². The quantitative estimate of drug-likeness (QED) is 0.685. The Labute approximate surface area is 116 Å². The smallest absolute Gasteiger partial charge is 0.149 e. The van der Waals surface area contributed by atoms with Crippen molar-refractivity contribution in [3.05, 3.63) is 42.2 Å². The first kappa shape index (κ1) is 11.4. The number of nitrogen functional groups attached to an aromatic ring is 1. The Morgan fingerprint density at radius 1 is 1.05 bits per heavy atom. The lowest BCUT2D eigenvalue weighted by molar-refractivity contribution is 0.654. The summed E-state index contributed by atoms with van der Waals surface area (Å²) in [5.74, 6) is 0.873. The van der Waals surface area contributed by atoms with Gasteiger partial charge in [0, 0.05) is 16.8 Å². The van der Waals surface area contributed by atoms with Gasteiger partial charge in [0.1, 0.15) is 18.5 Å². The van der Waals surface area contributed by atoms with Gasteiger partial charge < -0.3 is 5.73 Å². The van der Waals surface area contributed by atoms with E-state index in [9.17, 15) is 0 Å². The van der Waals surface area contributed by atoms with Gasteiger partial charge >= 0.3 is 0 Å². The van der Waals surface area contributed by atoms with Gasteiger partial charge in [-0.2, -0.15) is 0 Å². The molecule has 0 bridgehead atoms. The number of aromatic nitrogens is 4. The van der Waals surface area contributed by atoms with Crippen LogP contribution in [0.15, 0.2) is 30.9 Å². The Balaban J connectivity index is 1.98. The van der Waals surface area contributed by atoms with Crippen molar-refractivity contribution in [1.29, 1.82) is 0 Å². The van der Waals surface area contributed by atoms with Gasteiger partial charge in [-0.1, -0.05) is 0 Å². The molecule has 5 nitrogen and oxygen atoms in total. The van der Waals surface area contributed by atoms with Gasteiger partial charge in [0.15, 0.2) is 0 Å². The van der Waals surface area contributed by atoms with Gasteiger partial charge in [-0.05, 0) is 43.9 Å². The van der Waals surface area contributed by atoms with Crippen molar-refractivity contribution in [2.24, 2.45) is 0 Å². The highest BCUT2D eigenvalue weighted by atomic mass is 15.1. The number of anilines is 1. The molecule has 0 amide bonds. The number of benzene rings is 1. The third-order valence-electron chi connectivity index (χ3n) is 3.90. The van der Waals surface area contributed by atoms with E-state index < -0.39 is 0 Å². The topological polar surface area (TPSA) is 69.6 Å². The van der Waals surface area contributed by atoms with Crippen molar-refractivity contribution in [1.82, 2.24) is 19.5 Å². The van der Waals surface area contributed by atoms with Crippen molar-refractivity contribution < 1.29 is 0 Å². The minimum atomic E-state index is 0.725. The summed E-state index contributed by atoms with van der Waals surface area (Å²) in [7, 11) is 0. The Hall–Kier alpha value is -2.43. The van der Waals surface area contributed by atoms with Crippen LogP contribution >= 0.6 is 0 Å². The SMILES string of the molecule is Nc1ccc2ncnc(-n3cnc4c3CCCC4)c2c1. The molecule has 3 aromatic rings. The molecule has 0 saturated carbocycles. The number of hydrogen-bond acceptors (Lipinski definition) is 4. The van der Waals surface area contributed by atoms with Gasteiger partial charge in [0.25, 0.3) is 0 Å². The van der Waals surface area contributed by atoms with Crippen LogP contribution < -0.4 is 5.73 Å². The first-order chi connectivity index (χ1) is 9.83. The van der Waals surface area contributed by atoms with Crippen LogP contribution in [0.25, 0.3) is 16.7 Å². The third kappa shape index (κ3) is 1.66. The van der Waals surface area contributed by atoms with Crippen molar-refractivity contribution in [3.8, 4) is 5.82 Å². The average Bonchev–Trinajstić information content (AvgIpc) is 2.90. The van der Waals surface area contributed by atoms with E-state index in [2.05, 4.69) is 19.5 Å². The molecule has 0 aliphatic heterocycles. The molecule has 2 heterocycles. The lowest BCUT2D eigenvalue weighted by atomic mass is 10.0. The molecule has 4 rings (SSSR count). The summed E-state index contributed by atoms with van der Waals surface area (Å²) in [5.41, 5.74) is 10.0. The molecule has 0 unspecified atom stereocenters. The van der Waals surface area contributed by atoms with Crippen LogP contribution in [0.3, 0.4) is 0 Å². The number of fused-ring (bicyclic) bond motifs is 2. The molecule has 1 aliphatic rings. The van der Waals surface area contributed by atoms with Crippen LogP contribution in [0.4, 0.5) is 5.69 Å². The minimum Gasteiger partial charge on any atom is -0.399 e. The number of hydrogen-bond donors (Lipinski definition) is 1. The molecule has 2 N–H and O–H groups in total. The van der Waals surface area contributed by atoms with Gasteiger partial charge in [0.2, 0.25) is 0 Å². The highest BCUT2D eigenvalue weighted by Crippen LogP contribution is 2.26. The number of aryl methyl sites for hydroxylation is 1. The van der Waals surface area contributed by atoms with Crippen LogP contribution in [-0.2, 0) is 12.8 Å². The zero-order valence-corrected chi connectivity index (χ0v) is 11.1. The molecule has 100 valence electrons. The van der Waals surface area contributed by atoms with Gasteiger partial charge in [0.05, 0.1) is 11.2 Å². The van der Waals surface area contributed by atoms with Crippen LogP contribution in [0, 0.1) is 0 Å². The third-order valence-corrected chi connectivity index (χ3v) is 3.90. The van der Waals surface area contributed by atoms with Gasteiger partial charge in [-0.3, -0.25) is 4.57 Å². The molecule has 0 radical (unpaired) electrons. The predicted molar refractivity (Wildman–Crippen MR) is 77.7 cm³/mol. The molecule has 2 aromatic heterocycles. The second kappa shape index (κ2) is 4.30.